The van der Waals surface area contributed by atoms with Gasteiger partial charge in [0.2, 0.25) is 0 Å². The van der Waals surface area contributed by atoms with Crippen LogP contribution in [-0.2, 0) is 16.1 Å². The fourth-order valence-corrected chi connectivity index (χ4v) is 2.50. The summed E-state index contributed by atoms with van der Waals surface area (Å²) in [5.41, 5.74) is 0.647. The maximum atomic E-state index is 13.3. The Morgan fingerprint density at radius 2 is 2.32 bits per heavy atom. The molecular weight excluding hydrogens is 313 g/mol. The lowest BCUT2D eigenvalue weighted by Gasteiger charge is -2.36. The Balaban J connectivity index is 1.82. The Morgan fingerprint density at radius 3 is 3.05 bits per heavy atom. The van der Waals surface area contributed by atoms with Gasteiger partial charge in [-0.2, -0.15) is 0 Å². The molecule has 1 fully saturated rings. The summed E-state index contributed by atoms with van der Waals surface area (Å²) in [6.07, 6.45) is 0.0380. The van der Waals surface area contributed by atoms with Crippen molar-refractivity contribution in [1.29, 1.82) is 0 Å². The zero-order valence-corrected chi connectivity index (χ0v) is 12.8. The smallest absolute Gasteiger partial charge is 0.137 e. The lowest BCUT2D eigenvalue weighted by atomic mass is 10.1. The molecule has 0 spiro atoms. The third-order valence-electron chi connectivity index (χ3n) is 3.00. The van der Waals surface area contributed by atoms with Crippen molar-refractivity contribution in [2.75, 3.05) is 19.7 Å². The first-order valence-corrected chi connectivity index (χ1v) is 7.16. The topological polar surface area (TPSA) is 30.5 Å². The maximum Gasteiger partial charge on any atom is 0.137 e. The Labute approximate surface area is 121 Å². The first-order valence-electron chi connectivity index (χ1n) is 6.37. The second-order valence-corrected chi connectivity index (χ2v) is 6.15. The predicted octanol–water partition coefficient (Wildman–Crippen LogP) is 2.87. The van der Waals surface area contributed by atoms with Crippen molar-refractivity contribution < 1.29 is 13.9 Å². The molecule has 0 bridgehead atoms. The molecule has 1 saturated heterocycles. The highest BCUT2D eigenvalue weighted by Gasteiger charge is 2.28. The molecule has 1 aromatic carbocycles. The zero-order chi connectivity index (χ0) is 13.9. The van der Waals surface area contributed by atoms with Crippen molar-refractivity contribution in [2.45, 2.75) is 32.2 Å². The first kappa shape index (κ1) is 14.9. The van der Waals surface area contributed by atoms with Crippen molar-refractivity contribution in [3.8, 4) is 0 Å². The van der Waals surface area contributed by atoms with E-state index in [9.17, 15) is 4.39 Å². The lowest BCUT2D eigenvalue weighted by Crippen LogP contribution is -2.51. The number of hydrogen-bond acceptors (Lipinski definition) is 3. The third kappa shape index (κ3) is 4.24. The molecule has 0 aliphatic carbocycles. The van der Waals surface area contributed by atoms with Gasteiger partial charge in [-0.1, -0.05) is 12.1 Å². The molecule has 1 unspecified atom stereocenters. The van der Waals surface area contributed by atoms with Gasteiger partial charge >= 0.3 is 0 Å². The molecule has 19 heavy (non-hydrogen) atoms. The van der Waals surface area contributed by atoms with Crippen molar-refractivity contribution in [3.05, 3.63) is 34.1 Å². The fourth-order valence-electron chi connectivity index (χ4n) is 2.12. The van der Waals surface area contributed by atoms with Crippen LogP contribution in [-0.4, -0.2) is 31.4 Å². The van der Waals surface area contributed by atoms with Gasteiger partial charge in [0.05, 0.1) is 29.4 Å². The van der Waals surface area contributed by atoms with Crippen LogP contribution in [0.25, 0.3) is 0 Å². The summed E-state index contributed by atoms with van der Waals surface area (Å²) in [6.45, 7) is 6.61. The fraction of sp³-hybridized carbons (Fsp3) is 0.571. The predicted molar refractivity (Wildman–Crippen MR) is 75.6 cm³/mol. The monoisotopic (exact) mass is 331 g/mol. The van der Waals surface area contributed by atoms with Gasteiger partial charge in [0.25, 0.3) is 0 Å². The third-order valence-corrected chi connectivity index (χ3v) is 3.89. The highest BCUT2D eigenvalue weighted by Crippen LogP contribution is 2.21. The van der Waals surface area contributed by atoms with Crippen LogP contribution in [0.2, 0.25) is 0 Å². The Morgan fingerprint density at radius 1 is 1.53 bits per heavy atom. The molecule has 1 aromatic rings. The zero-order valence-electron chi connectivity index (χ0n) is 11.2. The van der Waals surface area contributed by atoms with Crippen LogP contribution in [0.1, 0.15) is 19.4 Å². The van der Waals surface area contributed by atoms with Crippen LogP contribution in [0.3, 0.4) is 0 Å². The van der Waals surface area contributed by atoms with E-state index in [-0.39, 0.29) is 17.5 Å². The first-order chi connectivity index (χ1) is 8.98. The Hall–Kier alpha value is -0.490. The van der Waals surface area contributed by atoms with Gasteiger partial charge in [0.15, 0.2) is 0 Å². The number of halogens is 2. The average Bonchev–Trinajstić information content (AvgIpc) is 2.33. The van der Waals surface area contributed by atoms with Crippen LogP contribution >= 0.6 is 15.9 Å². The molecule has 1 aliphatic rings. The van der Waals surface area contributed by atoms with E-state index < -0.39 is 0 Å². The summed E-state index contributed by atoms with van der Waals surface area (Å²) >= 11 is 3.23. The number of morpholine rings is 1. The number of nitrogens with one attached hydrogen (secondary N) is 1. The van der Waals surface area contributed by atoms with E-state index in [0.29, 0.717) is 17.7 Å². The minimum absolute atomic E-state index is 0.0380. The molecule has 5 heteroatoms. The van der Waals surface area contributed by atoms with Gasteiger partial charge in [-0.05, 0) is 41.4 Å². The normalized spacial score (nSPS) is 22.4. The van der Waals surface area contributed by atoms with E-state index in [0.717, 1.165) is 18.7 Å². The number of rotatable bonds is 4. The highest BCUT2D eigenvalue weighted by atomic mass is 79.9. The van der Waals surface area contributed by atoms with Crippen molar-refractivity contribution in [2.24, 2.45) is 0 Å². The summed E-state index contributed by atoms with van der Waals surface area (Å²) in [6, 6.07) is 4.95. The van der Waals surface area contributed by atoms with Gasteiger partial charge in [0.1, 0.15) is 5.82 Å². The SMILES string of the molecule is CC1(C)CNCC(COCc2cccc(F)c2Br)O1. The lowest BCUT2D eigenvalue weighted by molar-refractivity contribution is -0.122. The number of hydrogen-bond donors (Lipinski definition) is 1. The molecule has 3 nitrogen and oxygen atoms in total. The summed E-state index contributed by atoms with van der Waals surface area (Å²) in [7, 11) is 0. The molecule has 0 aromatic heterocycles. The van der Waals surface area contributed by atoms with Gasteiger partial charge in [-0.3, -0.25) is 0 Å². The number of ether oxygens (including phenoxy) is 2. The summed E-state index contributed by atoms with van der Waals surface area (Å²) in [5, 5.41) is 3.32. The van der Waals surface area contributed by atoms with Crippen LogP contribution in [0.4, 0.5) is 4.39 Å². The van der Waals surface area contributed by atoms with Crippen LogP contribution < -0.4 is 5.32 Å². The van der Waals surface area contributed by atoms with E-state index in [1.807, 2.05) is 6.07 Å². The summed E-state index contributed by atoms with van der Waals surface area (Å²) < 4.78 is 25.3. The largest absolute Gasteiger partial charge is 0.374 e. The molecule has 1 N–H and O–H groups in total. The molecule has 1 aliphatic heterocycles. The molecule has 1 heterocycles. The molecule has 106 valence electrons. The van der Waals surface area contributed by atoms with Crippen LogP contribution in [0.15, 0.2) is 22.7 Å². The highest BCUT2D eigenvalue weighted by molar-refractivity contribution is 9.10. The Kier molecular flexibility index (Phi) is 4.95. The number of benzene rings is 1. The molecule has 0 radical (unpaired) electrons. The summed E-state index contributed by atoms with van der Waals surface area (Å²) in [4.78, 5) is 0. The maximum absolute atomic E-state index is 13.3. The van der Waals surface area contributed by atoms with Crippen molar-refractivity contribution >= 4 is 15.9 Å². The van der Waals surface area contributed by atoms with E-state index in [1.165, 1.54) is 6.07 Å². The van der Waals surface area contributed by atoms with E-state index in [2.05, 4.69) is 35.1 Å². The standard InChI is InChI=1S/C14H19BrFNO2/c1-14(2)9-17-6-11(19-14)8-18-7-10-4-3-5-12(16)13(10)15/h3-5,11,17H,6-9H2,1-2H3. The molecular formula is C14H19BrFNO2. The quantitative estimate of drug-likeness (QED) is 0.920. The van der Waals surface area contributed by atoms with E-state index in [1.54, 1.807) is 6.07 Å². The van der Waals surface area contributed by atoms with Gasteiger partial charge in [-0.25, -0.2) is 4.39 Å². The van der Waals surface area contributed by atoms with Crippen molar-refractivity contribution in [1.82, 2.24) is 5.32 Å². The molecule has 0 amide bonds. The molecule has 1 atom stereocenters. The second kappa shape index (κ2) is 6.31. The Bertz CT molecular complexity index is 439. The minimum Gasteiger partial charge on any atom is -0.374 e. The molecule has 2 rings (SSSR count). The van der Waals surface area contributed by atoms with Crippen molar-refractivity contribution in [3.63, 3.8) is 0 Å². The van der Waals surface area contributed by atoms with Gasteiger partial charge in [0, 0.05) is 13.1 Å². The molecule has 0 saturated carbocycles. The average molecular weight is 332 g/mol. The van der Waals surface area contributed by atoms with Crippen LogP contribution in [0, 0.1) is 5.82 Å². The minimum atomic E-state index is -0.266. The van der Waals surface area contributed by atoms with Crippen LogP contribution in [0.5, 0.6) is 0 Å². The van der Waals surface area contributed by atoms with Gasteiger partial charge < -0.3 is 14.8 Å². The van der Waals surface area contributed by atoms with E-state index >= 15 is 0 Å². The second-order valence-electron chi connectivity index (χ2n) is 5.36. The summed E-state index contributed by atoms with van der Waals surface area (Å²) in [5.74, 6) is -0.266. The van der Waals surface area contributed by atoms with Gasteiger partial charge in [-0.15, -0.1) is 0 Å². The van der Waals surface area contributed by atoms with E-state index in [4.69, 9.17) is 9.47 Å².